The van der Waals surface area contributed by atoms with E-state index in [1.54, 1.807) is 0 Å². The molecule has 43 heavy (non-hydrogen) atoms. The van der Waals surface area contributed by atoms with E-state index in [9.17, 15) is 24.0 Å². The molecule has 1 saturated heterocycles. The summed E-state index contributed by atoms with van der Waals surface area (Å²) in [5, 5.41) is 13.0. The van der Waals surface area contributed by atoms with E-state index in [1.807, 2.05) is 56.3 Å². The summed E-state index contributed by atoms with van der Waals surface area (Å²) in [7, 11) is 0. The van der Waals surface area contributed by atoms with E-state index >= 15 is 0 Å². The van der Waals surface area contributed by atoms with Crippen molar-refractivity contribution in [2.24, 2.45) is 11.8 Å². The zero-order valence-electron chi connectivity index (χ0n) is 24.4. The van der Waals surface area contributed by atoms with E-state index in [1.165, 1.54) is 18.6 Å². The first-order valence-electron chi connectivity index (χ1n) is 14.6. The molecular formula is C32H38N6O5. The van der Waals surface area contributed by atoms with E-state index in [4.69, 9.17) is 0 Å². The highest BCUT2D eigenvalue weighted by molar-refractivity contribution is 5.98. The van der Waals surface area contributed by atoms with Crippen molar-refractivity contribution in [3.05, 3.63) is 72.3 Å². The molecule has 2 aromatic carbocycles. The summed E-state index contributed by atoms with van der Waals surface area (Å²) in [6.07, 6.45) is 6.84. The number of aldehydes is 1. The van der Waals surface area contributed by atoms with Crippen LogP contribution in [0.1, 0.15) is 55.6 Å². The summed E-state index contributed by atoms with van der Waals surface area (Å²) in [4.78, 5) is 72.3. The molecule has 1 aromatic heterocycles. The number of carbonyl (C=O) groups excluding carboxylic acids is 5. The Morgan fingerprint density at radius 2 is 1.77 bits per heavy atom. The van der Waals surface area contributed by atoms with E-state index in [-0.39, 0.29) is 36.3 Å². The van der Waals surface area contributed by atoms with Gasteiger partial charge in [-0.1, -0.05) is 56.3 Å². The number of rotatable bonds is 13. The number of piperidine rings is 1. The van der Waals surface area contributed by atoms with Crippen LogP contribution >= 0.6 is 0 Å². The molecule has 226 valence electrons. The predicted octanol–water partition coefficient (Wildman–Crippen LogP) is 2.10. The molecule has 3 aromatic rings. The van der Waals surface area contributed by atoms with Crippen molar-refractivity contribution in [3.63, 3.8) is 0 Å². The number of amides is 4. The van der Waals surface area contributed by atoms with Gasteiger partial charge in [-0.2, -0.15) is 0 Å². The Hall–Kier alpha value is -4.67. The van der Waals surface area contributed by atoms with Gasteiger partial charge in [0.2, 0.25) is 17.7 Å². The molecule has 4 atom stereocenters. The lowest BCUT2D eigenvalue weighted by atomic mass is 9.91. The second kappa shape index (κ2) is 15.0. The van der Waals surface area contributed by atoms with Gasteiger partial charge in [0.15, 0.2) is 0 Å². The smallest absolute Gasteiger partial charge is 0.272 e. The maximum atomic E-state index is 13.8. The minimum Gasteiger partial charge on any atom is -0.356 e. The van der Waals surface area contributed by atoms with E-state index in [2.05, 4.69) is 31.2 Å². The van der Waals surface area contributed by atoms with E-state index in [0.29, 0.717) is 25.7 Å². The van der Waals surface area contributed by atoms with Gasteiger partial charge in [0, 0.05) is 31.3 Å². The summed E-state index contributed by atoms with van der Waals surface area (Å²) >= 11 is 0. The minimum atomic E-state index is -1.05. The maximum Gasteiger partial charge on any atom is 0.272 e. The van der Waals surface area contributed by atoms with Gasteiger partial charge in [-0.05, 0) is 47.9 Å². The first-order valence-corrected chi connectivity index (χ1v) is 14.6. The third kappa shape index (κ3) is 8.67. The average molecular weight is 587 g/mol. The molecule has 1 aliphatic heterocycles. The quantitative estimate of drug-likeness (QED) is 0.223. The number of nitrogens with one attached hydrogen (secondary N) is 4. The van der Waals surface area contributed by atoms with Crippen molar-refractivity contribution in [1.82, 2.24) is 31.2 Å². The van der Waals surface area contributed by atoms with Crippen molar-refractivity contribution in [1.29, 1.82) is 0 Å². The van der Waals surface area contributed by atoms with Gasteiger partial charge in [0.25, 0.3) is 5.91 Å². The summed E-state index contributed by atoms with van der Waals surface area (Å²) in [6, 6.07) is 10.6. The van der Waals surface area contributed by atoms with Crippen molar-refractivity contribution in [2.45, 2.75) is 64.1 Å². The Morgan fingerprint density at radius 3 is 2.49 bits per heavy atom. The second-order valence-electron chi connectivity index (χ2n) is 11.3. The van der Waals surface area contributed by atoms with Crippen molar-refractivity contribution < 1.29 is 24.0 Å². The summed E-state index contributed by atoms with van der Waals surface area (Å²) in [5.41, 5.74) is 0.893. The fourth-order valence-corrected chi connectivity index (χ4v) is 5.32. The van der Waals surface area contributed by atoms with Crippen LogP contribution in [0.25, 0.3) is 10.8 Å². The molecular weight excluding hydrogens is 548 g/mol. The normalized spacial score (nSPS) is 16.9. The standard InChI is InChI=1S/C32H38N6O5/c1-20(2)15-26(30(41)36-24(19-39)16-23-10-6-12-35-29(23)40)37-31(42)27(38-32(43)28-18-33-13-14-34-28)17-22-9-5-8-21-7-3-4-11-25(21)22/h3-5,7-9,11,13-14,18-20,23-24,26-27H,6,10,12,15-17H2,1-2H3,(H,35,40)(H,36,41)(H,37,42)(H,38,43)/t23-,24?,26?,27?/m0/s1. The largest absolute Gasteiger partial charge is 0.356 e. The molecule has 4 rings (SSSR count). The van der Waals surface area contributed by atoms with Crippen LogP contribution in [-0.2, 0) is 25.6 Å². The van der Waals surface area contributed by atoms with Crippen LogP contribution in [0.3, 0.4) is 0 Å². The van der Waals surface area contributed by atoms with Gasteiger partial charge in [-0.3, -0.25) is 24.2 Å². The van der Waals surface area contributed by atoms with Gasteiger partial charge in [0.05, 0.1) is 12.2 Å². The number of nitrogens with zero attached hydrogens (tertiary/aromatic N) is 2. The van der Waals surface area contributed by atoms with Gasteiger partial charge in [-0.15, -0.1) is 0 Å². The van der Waals surface area contributed by atoms with E-state index in [0.717, 1.165) is 22.8 Å². The summed E-state index contributed by atoms with van der Waals surface area (Å²) < 4.78 is 0. The lowest BCUT2D eigenvalue weighted by molar-refractivity contribution is -0.132. The molecule has 11 heteroatoms. The highest BCUT2D eigenvalue weighted by atomic mass is 16.2. The molecule has 2 heterocycles. The van der Waals surface area contributed by atoms with Gasteiger partial charge in [0.1, 0.15) is 24.1 Å². The molecule has 4 amide bonds. The van der Waals surface area contributed by atoms with Crippen LogP contribution in [-0.4, -0.2) is 64.6 Å². The third-order valence-electron chi connectivity index (χ3n) is 7.49. The number of hydrogen-bond acceptors (Lipinski definition) is 7. The molecule has 0 bridgehead atoms. The Kier molecular flexibility index (Phi) is 10.9. The van der Waals surface area contributed by atoms with Crippen LogP contribution in [0.2, 0.25) is 0 Å². The Balaban J connectivity index is 1.54. The van der Waals surface area contributed by atoms with E-state index < -0.39 is 35.8 Å². The second-order valence-corrected chi connectivity index (χ2v) is 11.3. The van der Waals surface area contributed by atoms with Crippen molar-refractivity contribution in [3.8, 4) is 0 Å². The first kappa shape index (κ1) is 31.3. The number of carbonyl (C=O) groups is 5. The Labute approximate surface area is 250 Å². The molecule has 0 aliphatic carbocycles. The highest BCUT2D eigenvalue weighted by Gasteiger charge is 2.31. The highest BCUT2D eigenvalue weighted by Crippen LogP contribution is 2.21. The Morgan fingerprint density at radius 1 is 1.00 bits per heavy atom. The third-order valence-corrected chi connectivity index (χ3v) is 7.49. The van der Waals surface area contributed by atoms with Crippen LogP contribution in [0, 0.1) is 11.8 Å². The number of benzene rings is 2. The van der Waals surface area contributed by atoms with Crippen molar-refractivity contribution in [2.75, 3.05) is 6.54 Å². The number of aromatic nitrogens is 2. The lowest BCUT2D eigenvalue weighted by Gasteiger charge is -2.27. The molecule has 0 saturated carbocycles. The number of fused-ring (bicyclic) bond motifs is 1. The Bertz CT molecular complexity index is 1440. The summed E-state index contributed by atoms with van der Waals surface area (Å²) in [5.74, 6) is -2.14. The SMILES string of the molecule is CC(C)CC(NC(=O)C(Cc1cccc2ccccc12)NC(=O)c1cnccn1)C(=O)NC(C=O)C[C@@H]1CCCNC1=O. The van der Waals surface area contributed by atoms with Crippen LogP contribution in [0.4, 0.5) is 0 Å². The van der Waals surface area contributed by atoms with Crippen LogP contribution in [0.5, 0.6) is 0 Å². The molecule has 0 spiro atoms. The predicted molar refractivity (Wildman–Crippen MR) is 161 cm³/mol. The van der Waals surface area contributed by atoms with Crippen LogP contribution < -0.4 is 21.3 Å². The van der Waals surface area contributed by atoms with Crippen molar-refractivity contribution >= 4 is 40.7 Å². The molecule has 3 unspecified atom stereocenters. The lowest BCUT2D eigenvalue weighted by Crippen LogP contribution is -2.56. The monoisotopic (exact) mass is 586 g/mol. The molecule has 4 N–H and O–H groups in total. The first-order chi connectivity index (χ1) is 20.7. The average Bonchev–Trinajstić information content (AvgIpc) is 3.01. The summed E-state index contributed by atoms with van der Waals surface area (Å²) in [6.45, 7) is 4.43. The number of hydrogen-bond donors (Lipinski definition) is 4. The zero-order chi connectivity index (χ0) is 30.8. The zero-order valence-corrected chi connectivity index (χ0v) is 24.4. The van der Waals surface area contributed by atoms with Gasteiger partial charge in [-0.25, -0.2) is 4.98 Å². The van der Waals surface area contributed by atoms with Gasteiger partial charge >= 0.3 is 0 Å². The van der Waals surface area contributed by atoms with Gasteiger partial charge < -0.3 is 26.1 Å². The molecule has 11 nitrogen and oxygen atoms in total. The fraction of sp³-hybridized carbons (Fsp3) is 0.406. The molecule has 1 aliphatic rings. The molecule has 1 fully saturated rings. The fourth-order valence-electron chi connectivity index (χ4n) is 5.32. The molecule has 0 radical (unpaired) electrons. The van der Waals surface area contributed by atoms with Crippen LogP contribution in [0.15, 0.2) is 61.1 Å². The minimum absolute atomic E-state index is 0.0283. The topological polar surface area (TPSA) is 159 Å². The maximum absolute atomic E-state index is 13.8.